The summed E-state index contributed by atoms with van der Waals surface area (Å²) in [5.41, 5.74) is 7.11. The molecule has 1 saturated carbocycles. The van der Waals surface area contributed by atoms with Gasteiger partial charge in [0.25, 0.3) is 0 Å². The summed E-state index contributed by atoms with van der Waals surface area (Å²) in [6.45, 7) is 2.88. The molecule has 0 aliphatic heterocycles. The maximum Gasteiger partial charge on any atom is 0.237 e. The third-order valence-corrected chi connectivity index (χ3v) is 3.52. The number of rotatable bonds is 5. The summed E-state index contributed by atoms with van der Waals surface area (Å²) < 4.78 is 0. The van der Waals surface area contributed by atoms with Crippen LogP contribution in [0.1, 0.15) is 25.3 Å². The highest BCUT2D eigenvalue weighted by atomic mass is 16.3. The summed E-state index contributed by atoms with van der Waals surface area (Å²) in [4.78, 5) is 11.8. The van der Waals surface area contributed by atoms with E-state index in [0.717, 1.165) is 12.1 Å². The van der Waals surface area contributed by atoms with E-state index in [1.165, 1.54) is 12.8 Å². The summed E-state index contributed by atoms with van der Waals surface area (Å²) >= 11 is 0. The zero-order chi connectivity index (χ0) is 13.2. The lowest BCUT2D eigenvalue weighted by atomic mass is 10.1. The molecule has 98 valence electrons. The molecule has 1 aromatic rings. The van der Waals surface area contributed by atoms with Gasteiger partial charge in [-0.3, -0.25) is 4.79 Å². The van der Waals surface area contributed by atoms with Crippen molar-refractivity contribution in [1.29, 1.82) is 0 Å². The van der Waals surface area contributed by atoms with Gasteiger partial charge < -0.3 is 16.2 Å². The largest absolute Gasteiger partial charge is 0.508 e. The average molecular weight is 248 g/mol. The molecule has 0 radical (unpaired) electrons. The van der Waals surface area contributed by atoms with Crippen LogP contribution >= 0.6 is 0 Å². The minimum Gasteiger partial charge on any atom is -0.508 e. The maximum absolute atomic E-state index is 11.8. The van der Waals surface area contributed by atoms with Crippen LogP contribution in [-0.2, 0) is 11.2 Å². The van der Waals surface area contributed by atoms with E-state index in [2.05, 4.69) is 12.2 Å². The molecule has 0 heterocycles. The number of hydrogen-bond acceptors (Lipinski definition) is 3. The zero-order valence-electron chi connectivity index (χ0n) is 10.6. The molecule has 0 unspecified atom stereocenters. The van der Waals surface area contributed by atoms with Crippen LogP contribution in [0.25, 0.3) is 0 Å². The predicted molar refractivity (Wildman–Crippen MR) is 70.1 cm³/mol. The molecule has 4 nitrogen and oxygen atoms in total. The van der Waals surface area contributed by atoms with Crippen molar-refractivity contribution in [3.8, 4) is 5.75 Å². The number of phenols is 1. The minimum atomic E-state index is -0.531. The van der Waals surface area contributed by atoms with Crippen LogP contribution in [-0.4, -0.2) is 23.6 Å². The molecular formula is C14H20N2O2. The van der Waals surface area contributed by atoms with Crippen molar-refractivity contribution in [3.63, 3.8) is 0 Å². The van der Waals surface area contributed by atoms with Crippen LogP contribution in [0.5, 0.6) is 5.75 Å². The fraction of sp³-hybridized carbons (Fsp3) is 0.500. The lowest BCUT2D eigenvalue weighted by Gasteiger charge is -2.15. The van der Waals surface area contributed by atoms with Crippen molar-refractivity contribution in [2.24, 2.45) is 11.1 Å². The van der Waals surface area contributed by atoms with Crippen LogP contribution in [0.3, 0.4) is 0 Å². The van der Waals surface area contributed by atoms with Crippen molar-refractivity contribution in [3.05, 3.63) is 29.8 Å². The average Bonchev–Trinajstić information content (AvgIpc) is 3.08. The number of carbonyl (C=O) groups excluding carboxylic acids is 1. The maximum atomic E-state index is 11.8. The first-order chi connectivity index (χ1) is 8.48. The van der Waals surface area contributed by atoms with Gasteiger partial charge >= 0.3 is 0 Å². The summed E-state index contributed by atoms with van der Waals surface area (Å²) in [6, 6.07) is 6.24. The summed E-state index contributed by atoms with van der Waals surface area (Å²) in [5, 5.41) is 12.1. The molecule has 4 N–H and O–H groups in total. The van der Waals surface area contributed by atoms with Gasteiger partial charge in [-0.15, -0.1) is 0 Å². The van der Waals surface area contributed by atoms with Crippen LogP contribution in [0.15, 0.2) is 24.3 Å². The first kappa shape index (κ1) is 12.9. The Morgan fingerprint density at radius 3 is 2.61 bits per heavy atom. The molecule has 0 bridgehead atoms. The standard InChI is InChI=1S/C14H20N2O2/c1-14(6-7-14)9-16-13(18)12(15)8-10-2-4-11(17)5-3-10/h2-5,12,17H,6-9,15H2,1H3,(H,16,18)/t12-/m1/s1. The molecule has 2 rings (SSSR count). The number of hydrogen-bond donors (Lipinski definition) is 3. The lowest BCUT2D eigenvalue weighted by molar-refractivity contribution is -0.122. The normalized spacial score (nSPS) is 18.1. The number of nitrogens with one attached hydrogen (secondary N) is 1. The van der Waals surface area contributed by atoms with Gasteiger partial charge in [0.05, 0.1) is 6.04 Å². The van der Waals surface area contributed by atoms with Gasteiger partial charge in [0.15, 0.2) is 0 Å². The fourth-order valence-electron chi connectivity index (χ4n) is 1.80. The first-order valence-corrected chi connectivity index (χ1v) is 6.30. The van der Waals surface area contributed by atoms with Crippen molar-refractivity contribution in [2.75, 3.05) is 6.54 Å². The van der Waals surface area contributed by atoms with E-state index in [-0.39, 0.29) is 11.7 Å². The minimum absolute atomic E-state index is 0.101. The molecule has 18 heavy (non-hydrogen) atoms. The summed E-state index contributed by atoms with van der Waals surface area (Å²) in [5.74, 6) is 0.120. The molecule has 1 fully saturated rings. The second-order valence-electron chi connectivity index (χ2n) is 5.51. The van der Waals surface area contributed by atoms with Crippen LogP contribution in [0.2, 0.25) is 0 Å². The van der Waals surface area contributed by atoms with E-state index in [1.54, 1.807) is 24.3 Å². The number of nitrogens with two attached hydrogens (primary N) is 1. The Hall–Kier alpha value is -1.55. The van der Waals surface area contributed by atoms with Crippen molar-refractivity contribution in [2.45, 2.75) is 32.2 Å². The molecule has 1 aliphatic carbocycles. The molecule has 1 aromatic carbocycles. The second-order valence-corrected chi connectivity index (χ2v) is 5.51. The molecule has 1 atom stereocenters. The van der Waals surface area contributed by atoms with E-state index < -0.39 is 6.04 Å². The van der Waals surface area contributed by atoms with E-state index >= 15 is 0 Å². The summed E-state index contributed by atoms with van der Waals surface area (Å²) in [6.07, 6.45) is 2.85. The fourth-order valence-corrected chi connectivity index (χ4v) is 1.80. The Kier molecular flexibility index (Phi) is 3.57. The Morgan fingerprint density at radius 1 is 1.44 bits per heavy atom. The van der Waals surface area contributed by atoms with Gasteiger partial charge in [-0.05, 0) is 42.4 Å². The number of amides is 1. The van der Waals surface area contributed by atoms with E-state index in [4.69, 9.17) is 5.73 Å². The van der Waals surface area contributed by atoms with Gasteiger partial charge in [-0.25, -0.2) is 0 Å². The molecule has 0 aromatic heterocycles. The molecule has 4 heteroatoms. The van der Waals surface area contributed by atoms with Gasteiger partial charge in [0.1, 0.15) is 5.75 Å². The highest BCUT2D eigenvalue weighted by Crippen LogP contribution is 2.43. The van der Waals surface area contributed by atoms with Crippen LogP contribution in [0, 0.1) is 5.41 Å². The first-order valence-electron chi connectivity index (χ1n) is 6.30. The Bertz CT molecular complexity index is 424. The lowest BCUT2D eigenvalue weighted by Crippen LogP contribution is -2.43. The van der Waals surface area contributed by atoms with E-state index in [0.29, 0.717) is 11.8 Å². The molecular weight excluding hydrogens is 228 g/mol. The zero-order valence-corrected chi connectivity index (χ0v) is 10.6. The highest BCUT2D eigenvalue weighted by Gasteiger charge is 2.37. The van der Waals surface area contributed by atoms with Gasteiger partial charge in [0, 0.05) is 6.54 Å². The Balaban J connectivity index is 1.81. The smallest absolute Gasteiger partial charge is 0.237 e. The van der Waals surface area contributed by atoms with E-state index in [9.17, 15) is 9.90 Å². The van der Waals surface area contributed by atoms with Crippen LogP contribution < -0.4 is 11.1 Å². The Labute approximate surface area is 107 Å². The summed E-state index contributed by atoms with van der Waals surface area (Å²) in [7, 11) is 0. The molecule has 1 aliphatic rings. The second kappa shape index (κ2) is 4.98. The van der Waals surface area contributed by atoms with Gasteiger partial charge in [-0.2, -0.15) is 0 Å². The molecule has 0 spiro atoms. The van der Waals surface area contributed by atoms with E-state index in [1.807, 2.05) is 0 Å². The number of benzene rings is 1. The van der Waals surface area contributed by atoms with Crippen LogP contribution in [0.4, 0.5) is 0 Å². The topological polar surface area (TPSA) is 75.4 Å². The van der Waals surface area contributed by atoms with Crippen molar-refractivity contribution >= 4 is 5.91 Å². The third kappa shape index (κ3) is 3.47. The van der Waals surface area contributed by atoms with Crippen molar-refractivity contribution < 1.29 is 9.90 Å². The van der Waals surface area contributed by atoms with Crippen molar-refractivity contribution in [1.82, 2.24) is 5.32 Å². The monoisotopic (exact) mass is 248 g/mol. The number of carbonyl (C=O) groups is 1. The SMILES string of the molecule is CC1(CNC(=O)[C@H](N)Cc2ccc(O)cc2)CC1. The number of aromatic hydroxyl groups is 1. The van der Waals surface area contributed by atoms with Gasteiger partial charge in [0.2, 0.25) is 5.91 Å². The highest BCUT2D eigenvalue weighted by molar-refractivity contribution is 5.81. The van der Waals surface area contributed by atoms with Gasteiger partial charge in [-0.1, -0.05) is 19.1 Å². The quantitative estimate of drug-likeness (QED) is 0.732. The number of phenolic OH excluding ortho intramolecular Hbond substituents is 1. The predicted octanol–water partition coefficient (Wildman–Crippen LogP) is 1.18. The third-order valence-electron chi connectivity index (χ3n) is 3.52. The molecule has 0 saturated heterocycles. The Morgan fingerprint density at radius 2 is 2.06 bits per heavy atom. The molecule has 1 amide bonds.